The fraction of sp³-hybridized carbons (Fsp3) is 0.750. The van der Waals surface area contributed by atoms with Gasteiger partial charge >= 0.3 is 0 Å². The molecule has 2 atom stereocenters. The van der Waals surface area contributed by atoms with E-state index in [1.54, 1.807) is 11.3 Å². The van der Waals surface area contributed by atoms with Crippen molar-refractivity contribution in [2.75, 3.05) is 0 Å². The number of thiazole rings is 1. The first-order valence-corrected chi connectivity index (χ1v) is 6.88. The van der Waals surface area contributed by atoms with Crippen molar-refractivity contribution < 1.29 is 0 Å². The predicted molar refractivity (Wildman–Crippen MR) is 62.9 cm³/mol. The maximum absolute atomic E-state index is 4.47. The maximum Gasteiger partial charge on any atom is 0.110 e. The van der Waals surface area contributed by atoms with Crippen LogP contribution in [0.4, 0.5) is 0 Å². The zero-order valence-electron chi connectivity index (χ0n) is 9.15. The van der Waals surface area contributed by atoms with Crippen LogP contribution < -0.4 is 5.32 Å². The Morgan fingerprint density at radius 1 is 1.33 bits per heavy atom. The molecule has 2 saturated carbocycles. The first kappa shape index (κ1) is 9.79. The Kier molecular flexibility index (Phi) is 2.53. The summed E-state index contributed by atoms with van der Waals surface area (Å²) in [7, 11) is 0. The molecule has 82 valence electrons. The van der Waals surface area contributed by atoms with E-state index in [0.29, 0.717) is 12.1 Å². The number of aromatic nitrogens is 1. The molecule has 0 spiro atoms. The monoisotopic (exact) mass is 222 g/mol. The van der Waals surface area contributed by atoms with Gasteiger partial charge in [-0.3, -0.25) is 0 Å². The minimum absolute atomic E-state index is 0.542. The number of nitrogens with zero attached hydrogens (tertiary/aromatic N) is 1. The molecule has 0 aromatic carbocycles. The predicted octanol–water partition coefficient (Wildman–Crippen LogP) is 2.98. The Morgan fingerprint density at radius 2 is 2.07 bits per heavy atom. The highest BCUT2D eigenvalue weighted by Crippen LogP contribution is 2.43. The van der Waals surface area contributed by atoms with Crippen molar-refractivity contribution in [3.63, 3.8) is 0 Å². The van der Waals surface area contributed by atoms with E-state index in [-0.39, 0.29) is 0 Å². The van der Waals surface area contributed by atoms with Crippen LogP contribution in [0.25, 0.3) is 0 Å². The van der Waals surface area contributed by atoms with Gasteiger partial charge in [0.1, 0.15) is 5.01 Å². The molecule has 2 aliphatic rings. The van der Waals surface area contributed by atoms with Crippen molar-refractivity contribution >= 4 is 11.3 Å². The molecule has 3 rings (SSSR count). The Balaban J connectivity index is 1.67. The number of hydrogen-bond donors (Lipinski definition) is 1. The summed E-state index contributed by atoms with van der Waals surface area (Å²) in [6.45, 7) is 2.33. The third-order valence-corrected chi connectivity index (χ3v) is 4.44. The first-order valence-electron chi connectivity index (χ1n) is 6.00. The van der Waals surface area contributed by atoms with E-state index >= 15 is 0 Å². The van der Waals surface area contributed by atoms with Crippen LogP contribution in [0.2, 0.25) is 0 Å². The van der Waals surface area contributed by atoms with Gasteiger partial charge in [-0.2, -0.15) is 0 Å². The number of rotatable bonds is 5. The van der Waals surface area contributed by atoms with E-state index in [1.807, 2.05) is 6.20 Å². The van der Waals surface area contributed by atoms with Crippen LogP contribution in [0.1, 0.15) is 43.7 Å². The lowest BCUT2D eigenvalue weighted by Crippen LogP contribution is -2.33. The summed E-state index contributed by atoms with van der Waals surface area (Å²) in [6.07, 6.45) is 7.54. The van der Waals surface area contributed by atoms with Gasteiger partial charge < -0.3 is 5.32 Å². The SMILES string of the molecule is CC(NC(c1nccs1)C1CC1)C1CC1. The normalized spacial score (nSPS) is 25.1. The van der Waals surface area contributed by atoms with Gasteiger partial charge in [-0.1, -0.05) is 0 Å². The first-order chi connectivity index (χ1) is 7.34. The van der Waals surface area contributed by atoms with Gasteiger partial charge in [0.2, 0.25) is 0 Å². The van der Waals surface area contributed by atoms with Crippen LogP contribution >= 0.6 is 11.3 Å². The van der Waals surface area contributed by atoms with Crippen LogP contribution in [-0.2, 0) is 0 Å². The van der Waals surface area contributed by atoms with Gasteiger partial charge in [0, 0.05) is 17.6 Å². The molecule has 2 aliphatic carbocycles. The summed E-state index contributed by atoms with van der Waals surface area (Å²) in [5.41, 5.74) is 0. The lowest BCUT2D eigenvalue weighted by atomic mass is 10.1. The zero-order chi connectivity index (χ0) is 10.3. The van der Waals surface area contributed by atoms with Crippen LogP contribution in [0.5, 0.6) is 0 Å². The second-order valence-corrected chi connectivity index (χ2v) is 5.90. The van der Waals surface area contributed by atoms with Crippen molar-refractivity contribution in [1.82, 2.24) is 10.3 Å². The molecule has 2 nitrogen and oxygen atoms in total. The topological polar surface area (TPSA) is 24.9 Å². The molecule has 0 saturated heterocycles. The highest BCUT2D eigenvalue weighted by atomic mass is 32.1. The van der Waals surface area contributed by atoms with Gasteiger partial charge in [-0.05, 0) is 44.4 Å². The molecule has 2 unspecified atom stereocenters. The highest BCUT2D eigenvalue weighted by Gasteiger charge is 2.37. The molecule has 0 aliphatic heterocycles. The van der Waals surface area contributed by atoms with Crippen LogP contribution in [-0.4, -0.2) is 11.0 Å². The standard InChI is InChI=1S/C12H18N2S/c1-8(9-2-3-9)14-11(10-4-5-10)12-13-6-7-15-12/h6-11,14H,2-5H2,1H3. The summed E-state index contributed by atoms with van der Waals surface area (Å²) in [5, 5.41) is 7.18. The summed E-state index contributed by atoms with van der Waals surface area (Å²) in [4.78, 5) is 4.47. The van der Waals surface area contributed by atoms with Gasteiger partial charge in [0.25, 0.3) is 0 Å². The molecule has 2 fully saturated rings. The largest absolute Gasteiger partial charge is 0.305 e. The van der Waals surface area contributed by atoms with Gasteiger partial charge in [0.15, 0.2) is 0 Å². The van der Waals surface area contributed by atoms with E-state index in [4.69, 9.17) is 0 Å². The Labute approximate surface area is 95.1 Å². The third-order valence-electron chi connectivity index (χ3n) is 3.58. The average molecular weight is 222 g/mol. The van der Waals surface area contributed by atoms with E-state index in [9.17, 15) is 0 Å². The molecule has 1 aromatic heterocycles. The summed E-state index contributed by atoms with van der Waals surface area (Å²) < 4.78 is 0. The number of hydrogen-bond acceptors (Lipinski definition) is 3. The molecule has 0 amide bonds. The fourth-order valence-corrected chi connectivity index (χ4v) is 3.03. The van der Waals surface area contributed by atoms with Gasteiger partial charge in [-0.25, -0.2) is 4.98 Å². The van der Waals surface area contributed by atoms with Gasteiger partial charge in [-0.15, -0.1) is 11.3 Å². The van der Waals surface area contributed by atoms with E-state index in [1.165, 1.54) is 30.7 Å². The molecule has 0 radical (unpaired) electrons. The smallest absolute Gasteiger partial charge is 0.110 e. The van der Waals surface area contributed by atoms with E-state index in [2.05, 4.69) is 22.6 Å². The van der Waals surface area contributed by atoms with Crippen molar-refractivity contribution in [2.24, 2.45) is 11.8 Å². The average Bonchev–Trinajstić information content (AvgIpc) is 3.12. The maximum atomic E-state index is 4.47. The van der Waals surface area contributed by atoms with Crippen LogP contribution in [0.3, 0.4) is 0 Å². The van der Waals surface area contributed by atoms with Crippen LogP contribution in [0.15, 0.2) is 11.6 Å². The Hall–Kier alpha value is -0.410. The molecule has 1 N–H and O–H groups in total. The zero-order valence-corrected chi connectivity index (χ0v) is 9.96. The minimum Gasteiger partial charge on any atom is -0.305 e. The summed E-state index contributed by atoms with van der Waals surface area (Å²) in [6, 6.07) is 1.22. The Bertz CT molecular complexity index is 314. The molecular formula is C12H18N2S. The molecule has 0 bridgehead atoms. The second kappa shape index (κ2) is 3.87. The fourth-order valence-electron chi connectivity index (χ4n) is 2.24. The molecular weight excluding hydrogens is 204 g/mol. The lowest BCUT2D eigenvalue weighted by molar-refractivity contribution is 0.391. The Morgan fingerprint density at radius 3 is 2.60 bits per heavy atom. The summed E-state index contributed by atoms with van der Waals surface area (Å²) >= 11 is 1.80. The van der Waals surface area contributed by atoms with E-state index < -0.39 is 0 Å². The third kappa shape index (κ3) is 2.23. The highest BCUT2D eigenvalue weighted by molar-refractivity contribution is 7.09. The van der Waals surface area contributed by atoms with E-state index in [0.717, 1.165) is 11.8 Å². The number of nitrogens with one attached hydrogen (secondary N) is 1. The van der Waals surface area contributed by atoms with Crippen molar-refractivity contribution in [2.45, 2.75) is 44.7 Å². The molecule has 1 aromatic rings. The minimum atomic E-state index is 0.542. The molecule has 15 heavy (non-hydrogen) atoms. The van der Waals surface area contributed by atoms with Gasteiger partial charge in [0.05, 0.1) is 6.04 Å². The van der Waals surface area contributed by atoms with Crippen molar-refractivity contribution in [3.05, 3.63) is 16.6 Å². The van der Waals surface area contributed by atoms with Crippen LogP contribution in [0, 0.1) is 11.8 Å². The molecule has 3 heteroatoms. The quantitative estimate of drug-likeness (QED) is 0.828. The second-order valence-electron chi connectivity index (χ2n) is 4.98. The van der Waals surface area contributed by atoms with Crippen molar-refractivity contribution in [1.29, 1.82) is 0 Å². The summed E-state index contributed by atoms with van der Waals surface area (Å²) in [5.74, 6) is 1.79. The lowest BCUT2D eigenvalue weighted by Gasteiger charge is -2.21. The van der Waals surface area contributed by atoms with Crippen molar-refractivity contribution in [3.8, 4) is 0 Å². The molecule has 1 heterocycles.